The minimum Gasteiger partial charge on any atom is -0.492 e. The Kier molecular flexibility index (Phi) is 5.85. The number of fused-ring (bicyclic) bond motifs is 2. The smallest absolute Gasteiger partial charge is 0.181 e. The highest BCUT2D eigenvalue weighted by atomic mass is 19.1. The van der Waals surface area contributed by atoms with Crippen LogP contribution < -0.4 is 4.74 Å². The van der Waals surface area contributed by atoms with E-state index < -0.39 is 0 Å². The van der Waals surface area contributed by atoms with Gasteiger partial charge in [-0.1, -0.05) is 12.1 Å². The van der Waals surface area contributed by atoms with Crippen molar-refractivity contribution in [1.82, 2.24) is 34.8 Å². The van der Waals surface area contributed by atoms with Crippen molar-refractivity contribution in [2.75, 3.05) is 26.2 Å². The van der Waals surface area contributed by atoms with E-state index in [2.05, 4.69) is 42.3 Å². The maximum Gasteiger partial charge on any atom is 0.181 e. The van der Waals surface area contributed by atoms with Gasteiger partial charge in [-0.3, -0.25) is 14.7 Å². The maximum atomic E-state index is 14.7. The van der Waals surface area contributed by atoms with Crippen LogP contribution in [0.1, 0.15) is 12.8 Å². The van der Waals surface area contributed by atoms with Gasteiger partial charge in [0.15, 0.2) is 5.65 Å². The van der Waals surface area contributed by atoms with Crippen LogP contribution in [0.25, 0.3) is 55.6 Å². The summed E-state index contributed by atoms with van der Waals surface area (Å²) in [4.78, 5) is 10.4. The first kappa shape index (κ1) is 23.6. The van der Waals surface area contributed by atoms with Crippen molar-refractivity contribution in [3.05, 3.63) is 72.9 Å². The first-order valence-corrected chi connectivity index (χ1v) is 13.2. The Bertz CT molecular complexity index is 1790. The van der Waals surface area contributed by atoms with E-state index in [-0.39, 0.29) is 5.82 Å². The molecule has 0 aliphatic carbocycles. The second-order valence-electron chi connectivity index (χ2n) is 10.1. The van der Waals surface area contributed by atoms with E-state index in [0.717, 1.165) is 69.6 Å². The van der Waals surface area contributed by atoms with Gasteiger partial charge in [0.25, 0.3) is 0 Å². The predicted octanol–water partition coefficient (Wildman–Crippen LogP) is 5.79. The highest BCUT2D eigenvalue weighted by Crippen LogP contribution is 2.36. The van der Waals surface area contributed by atoms with Crippen LogP contribution in [0, 0.1) is 5.82 Å². The van der Waals surface area contributed by atoms with Gasteiger partial charge >= 0.3 is 0 Å². The molecule has 0 unspecified atom stereocenters. The van der Waals surface area contributed by atoms with Gasteiger partial charge in [-0.15, -0.1) is 0 Å². The summed E-state index contributed by atoms with van der Waals surface area (Å²) < 4.78 is 22.4. The maximum absolute atomic E-state index is 14.7. The number of hydrogen-bond acceptors (Lipinski definition) is 5. The summed E-state index contributed by atoms with van der Waals surface area (Å²) in [6, 6.07) is 15.1. The number of aromatic amines is 2. The molecule has 7 rings (SSSR count). The molecule has 0 saturated carbocycles. The molecule has 1 saturated heterocycles. The number of H-pyrrole nitrogens is 2. The molecule has 196 valence electrons. The van der Waals surface area contributed by atoms with Crippen molar-refractivity contribution >= 4 is 21.9 Å². The Morgan fingerprint density at radius 1 is 0.974 bits per heavy atom. The SMILES string of the molecule is Cn1cc(-c2cnc3n[nH]c(-c4cc5c(-c6cc(F)cc(OCCN7CCCC7)c6)cccc5[nH]4)c3c2)cn1. The lowest BCUT2D eigenvalue weighted by Gasteiger charge is -2.15. The summed E-state index contributed by atoms with van der Waals surface area (Å²) in [5.74, 6) is 0.232. The average molecular weight is 522 g/mol. The summed E-state index contributed by atoms with van der Waals surface area (Å²) in [6.07, 6.45) is 8.07. The van der Waals surface area contributed by atoms with E-state index in [1.165, 1.54) is 18.9 Å². The molecule has 6 aromatic rings. The van der Waals surface area contributed by atoms with Gasteiger partial charge in [0.1, 0.15) is 18.2 Å². The molecule has 0 spiro atoms. The second-order valence-corrected chi connectivity index (χ2v) is 10.1. The number of nitrogens with zero attached hydrogens (tertiary/aromatic N) is 5. The fourth-order valence-corrected chi connectivity index (χ4v) is 5.48. The zero-order valence-corrected chi connectivity index (χ0v) is 21.6. The third kappa shape index (κ3) is 4.55. The van der Waals surface area contributed by atoms with Gasteiger partial charge in [0.2, 0.25) is 0 Å². The summed E-state index contributed by atoms with van der Waals surface area (Å²) in [5.41, 5.74) is 6.96. The number of halogens is 1. The number of ether oxygens (including phenoxy) is 1. The monoisotopic (exact) mass is 521 g/mol. The zero-order valence-electron chi connectivity index (χ0n) is 21.6. The molecule has 2 N–H and O–H groups in total. The van der Waals surface area contributed by atoms with E-state index in [1.807, 2.05) is 49.9 Å². The fraction of sp³-hybridized carbons (Fsp3) is 0.233. The van der Waals surface area contributed by atoms with E-state index in [9.17, 15) is 4.39 Å². The van der Waals surface area contributed by atoms with Crippen LogP contribution in [0.5, 0.6) is 5.75 Å². The molecule has 2 aromatic carbocycles. The topological polar surface area (TPSA) is 87.7 Å². The number of aryl methyl sites for hydroxylation is 1. The Morgan fingerprint density at radius 2 is 1.87 bits per heavy atom. The number of aromatic nitrogens is 6. The number of likely N-dealkylation sites (tertiary alicyclic amines) is 1. The molecule has 0 atom stereocenters. The number of pyridine rings is 1. The van der Waals surface area contributed by atoms with E-state index >= 15 is 0 Å². The van der Waals surface area contributed by atoms with Crippen LogP contribution in [0.15, 0.2) is 67.1 Å². The van der Waals surface area contributed by atoms with Crippen molar-refractivity contribution < 1.29 is 9.13 Å². The number of nitrogens with one attached hydrogen (secondary N) is 2. The molecular weight excluding hydrogens is 493 g/mol. The molecule has 1 aliphatic rings. The van der Waals surface area contributed by atoms with Crippen LogP contribution in [0.3, 0.4) is 0 Å². The van der Waals surface area contributed by atoms with Crippen LogP contribution >= 0.6 is 0 Å². The summed E-state index contributed by atoms with van der Waals surface area (Å²) >= 11 is 0. The molecule has 9 heteroatoms. The lowest BCUT2D eigenvalue weighted by atomic mass is 10.0. The quantitative estimate of drug-likeness (QED) is 0.278. The van der Waals surface area contributed by atoms with Crippen molar-refractivity contribution in [1.29, 1.82) is 0 Å². The predicted molar refractivity (Wildman–Crippen MR) is 150 cm³/mol. The lowest BCUT2D eigenvalue weighted by molar-refractivity contribution is 0.237. The summed E-state index contributed by atoms with van der Waals surface area (Å²) in [7, 11) is 1.89. The number of rotatable bonds is 7. The van der Waals surface area contributed by atoms with Gasteiger partial charge < -0.3 is 9.72 Å². The van der Waals surface area contributed by atoms with Crippen molar-refractivity contribution in [3.8, 4) is 39.4 Å². The molecular formula is C30H28FN7O. The van der Waals surface area contributed by atoms with Crippen molar-refractivity contribution in [3.63, 3.8) is 0 Å². The first-order valence-electron chi connectivity index (χ1n) is 13.2. The first-order chi connectivity index (χ1) is 19.1. The minimum atomic E-state index is -0.315. The standard InChI is InChI=1S/C30H28FN7O/c1-37-18-21(17-33-37)20-13-26-29(35-36-30(26)32-16-20)28-15-25-24(5-4-6-27(25)34-28)19-11-22(31)14-23(12-19)39-10-9-38-7-2-3-8-38/h4-6,11-18,34H,2-3,7-10H2,1H3,(H,32,35,36). The van der Waals surface area contributed by atoms with Crippen LogP contribution in [0.2, 0.25) is 0 Å². The third-order valence-corrected chi connectivity index (χ3v) is 7.44. The second kappa shape index (κ2) is 9.67. The highest BCUT2D eigenvalue weighted by Gasteiger charge is 2.16. The molecule has 0 bridgehead atoms. The van der Waals surface area contributed by atoms with Gasteiger partial charge in [-0.25, -0.2) is 9.37 Å². The minimum absolute atomic E-state index is 0.315. The summed E-state index contributed by atoms with van der Waals surface area (Å²) in [6.45, 7) is 3.63. The Labute approximate surface area is 224 Å². The summed E-state index contributed by atoms with van der Waals surface area (Å²) in [5, 5.41) is 13.7. The highest BCUT2D eigenvalue weighted by molar-refractivity contribution is 6.01. The molecule has 39 heavy (non-hydrogen) atoms. The van der Waals surface area contributed by atoms with Crippen LogP contribution in [0.4, 0.5) is 4.39 Å². The molecule has 4 aromatic heterocycles. The lowest BCUT2D eigenvalue weighted by Crippen LogP contribution is -2.25. The molecule has 0 amide bonds. The van der Waals surface area contributed by atoms with E-state index in [1.54, 1.807) is 10.7 Å². The average Bonchev–Trinajstić information content (AvgIpc) is 3.74. The number of benzene rings is 2. The third-order valence-electron chi connectivity index (χ3n) is 7.44. The molecule has 5 heterocycles. The van der Waals surface area contributed by atoms with Crippen LogP contribution in [-0.2, 0) is 7.05 Å². The fourth-order valence-electron chi connectivity index (χ4n) is 5.48. The van der Waals surface area contributed by atoms with Gasteiger partial charge in [-0.2, -0.15) is 10.2 Å². The van der Waals surface area contributed by atoms with Crippen LogP contribution in [-0.4, -0.2) is 61.1 Å². The largest absolute Gasteiger partial charge is 0.492 e. The van der Waals surface area contributed by atoms with Gasteiger partial charge in [0.05, 0.1) is 17.6 Å². The molecule has 1 fully saturated rings. The van der Waals surface area contributed by atoms with E-state index in [0.29, 0.717) is 18.0 Å². The van der Waals surface area contributed by atoms with E-state index in [4.69, 9.17) is 4.74 Å². The molecule has 8 nitrogen and oxygen atoms in total. The number of hydrogen-bond donors (Lipinski definition) is 2. The zero-order chi connectivity index (χ0) is 26.3. The van der Waals surface area contributed by atoms with Crippen molar-refractivity contribution in [2.24, 2.45) is 7.05 Å². The molecule has 1 aliphatic heterocycles. The van der Waals surface area contributed by atoms with Crippen molar-refractivity contribution in [2.45, 2.75) is 12.8 Å². The van der Waals surface area contributed by atoms with Gasteiger partial charge in [0, 0.05) is 59.5 Å². The molecule has 0 radical (unpaired) electrons. The Hall–Kier alpha value is -4.50. The Balaban J connectivity index is 1.23. The normalized spacial score (nSPS) is 14.1. The Morgan fingerprint density at radius 3 is 2.72 bits per heavy atom. The van der Waals surface area contributed by atoms with Gasteiger partial charge in [-0.05, 0) is 67.4 Å².